The number of hydrogen-bond acceptors (Lipinski definition) is 1. The molecule has 0 saturated heterocycles. The highest BCUT2D eigenvalue weighted by Crippen LogP contribution is 2.16. The number of nitrogens with two attached hydrogens (primary N) is 1. The van der Waals surface area contributed by atoms with E-state index in [9.17, 15) is 0 Å². The molecule has 0 fully saturated rings. The van der Waals surface area contributed by atoms with Gasteiger partial charge in [0.15, 0.2) is 0 Å². The zero-order valence-electron chi connectivity index (χ0n) is 7.07. The predicted octanol–water partition coefficient (Wildman–Crippen LogP) is 1.60. The lowest BCUT2D eigenvalue weighted by molar-refractivity contribution is 1.18. The molecule has 0 bridgehead atoms. The molecule has 1 aromatic rings. The van der Waals surface area contributed by atoms with Crippen molar-refractivity contribution in [3.8, 4) is 0 Å². The van der Waals surface area contributed by atoms with Crippen LogP contribution in [-0.2, 0) is 0 Å². The minimum Gasteiger partial charge on any atom is -0.362 e. The van der Waals surface area contributed by atoms with Crippen LogP contribution in [0.2, 0.25) is 0 Å². The molecule has 0 atom stereocenters. The molecule has 60 valence electrons. The maximum atomic E-state index is 5.47. The molecule has 1 rings (SSSR count). The summed E-state index contributed by atoms with van der Waals surface area (Å²) in [6, 6.07) is 2.07. The Balaban J connectivity index is 3.03. The maximum absolute atomic E-state index is 5.47. The molecule has 0 aromatic carbocycles. The van der Waals surface area contributed by atoms with Gasteiger partial charge in [-0.05, 0) is 31.1 Å². The fraction of sp³-hybridized carbons (Fsp3) is 0.333. The van der Waals surface area contributed by atoms with Gasteiger partial charge < -0.3 is 10.7 Å². The molecular formula is C9H14N2. The number of nitrogens with one attached hydrogen (secondary N) is 1. The van der Waals surface area contributed by atoms with E-state index in [2.05, 4.69) is 17.6 Å². The first kappa shape index (κ1) is 8.08. The normalized spacial score (nSPS) is 10.1. The number of H-pyrrole nitrogens is 1. The van der Waals surface area contributed by atoms with E-state index in [0.29, 0.717) is 6.54 Å². The molecule has 1 heterocycles. The van der Waals surface area contributed by atoms with Gasteiger partial charge in [-0.1, -0.05) is 6.58 Å². The lowest BCUT2D eigenvalue weighted by Gasteiger charge is -1.98. The van der Waals surface area contributed by atoms with Gasteiger partial charge in [-0.15, -0.1) is 0 Å². The molecule has 0 amide bonds. The molecule has 0 spiro atoms. The van der Waals surface area contributed by atoms with Gasteiger partial charge >= 0.3 is 0 Å². The first-order chi connectivity index (χ1) is 5.15. The van der Waals surface area contributed by atoms with Gasteiger partial charge in [0.2, 0.25) is 0 Å². The number of rotatable bonds is 2. The highest BCUT2D eigenvalue weighted by atomic mass is 14.7. The molecule has 0 unspecified atom stereocenters. The zero-order valence-corrected chi connectivity index (χ0v) is 7.07. The van der Waals surface area contributed by atoms with Crippen molar-refractivity contribution in [1.82, 2.24) is 4.98 Å². The van der Waals surface area contributed by atoms with E-state index in [4.69, 9.17) is 5.73 Å². The largest absolute Gasteiger partial charge is 0.362 e. The van der Waals surface area contributed by atoms with Crippen LogP contribution in [0, 0.1) is 13.8 Å². The number of aromatic nitrogens is 1. The summed E-state index contributed by atoms with van der Waals surface area (Å²) in [7, 11) is 0. The Kier molecular flexibility index (Phi) is 2.15. The minimum absolute atomic E-state index is 0.526. The van der Waals surface area contributed by atoms with Crippen molar-refractivity contribution < 1.29 is 0 Å². The van der Waals surface area contributed by atoms with Crippen LogP contribution in [0.25, 0.3) is 5.57 Å². The van der Waals surface area contributed by atoms with Crippen LogP contribution >= 0.6 is 0 Å². The van der Waals surface area contributed by atoms with Crippen molar-refractivity contribution in [2.24, 2.45) is 5.73 Å². The fourth-order valence-electron chi connectivity index (χ4n) is 1.20. The van der Waals surface area contributed by atoms with Gasteiger partial charge in [-0.2, -0.15) is 0 Å². The molecule has 1 aromatic heterocycles. The Hall–Kier alpha value is -1.02. The van der Waals surface area contributed by atoms with Crippen LogP contribution in [0.5, 0.6) is 0 Å². The van der Waals surface area contributed by atoms with Gasteiger partial charge in [0, 0.05) is 17.9 Å². The molecule has 0 radical (unpaired) electrons. The summed E-state index contributed by atoms with van der Waals surface area (Å²) >= 11 is 0. The molecule has 2 heteroatoms. The van der Waals surface area contributed by atoms with Crippen molar-refractivity contribution in [1.29, 1.82) is 0 Å². The monoisotopic (exact) mass is 150 g/mol. The predicted molar refractivity (Wildman–Crippen MR) is 48.4 cm³/mol. The number of aromatic amines is 1. The molecule has 0 aliphatic carbocycles. The second kappa shape index (κ2) is 2.93. The van der Waals surface area contributed by atoms with Crippen molar-refractivity contribution in [2.75, 3.05) is 6.54 Å². The van der Waals surface area contributed by atoms with Crippen LogP contribution in [0.1, 0.15) is 17.0 Å². The molecule has 0 aliphatic heterocycles. The van der Waals surface area contributed by atoms with E-state index in [1.165, 1.54) is 0 Å². The van der Waals surface area contributed by atoms with E-state index >= 15 is 0 Å². The van der Waals surface area contributed by atoms with Crippen LogP contribution in [-0.4, -0.2) is 11.5 Å². The van der Waals surface area contributed by atoms with E-state index < -0.39 is 0 Å². The van der Waals surface area contributed by atoms with Crippen molar-refractivity contribution in [2.45, 2.75) is 13.8 Å². The summed E-state index contributed by atoms with van der Waals surface area (Å²) in [6.07, 6.45) is 0. The second-order valence-corrected chi connectivity index (χ2v) is 2.80. The first-order valence-corrected chi connectivity index (χ1v) is 3.69. The third-order valence-corrected chi connectivity index (χ3v) is 1.78. The van der Waals surface area contributed by atoms with Gasteiger partial charge in [0.05, 0.1) is 0 Å². The molecular weight excluding hydrogens is 136 g/mol. The summed E-state index contributed by atoms with van der Waals surface area (Å²) in [4.78, 5) is 3.21. The summed E-state index contributed by atoms with van der Waals surface area (Å²) in [5.41, 5.74) is 9.93. The quantitative estimate of drug-likeness (QED) is 0.660. The van der Waals surface area contributed by atoms with Crippen LogP contribution in [0.4, 0.5) is 0 Å². The van der Waals surface area contributed by atoms with Crippen molar-refractivity contribution in [3.63, 3.8) is 0 Å². The second-order valence-electron chi connectivity index (χ2n) is 2.80. The Morgan fingerprint density at radius 1 is 1.64 bits per heavy atom. The Labute approximate surface area is 67.1 Å². The SMILES string of the molecule is C=C(CN)c1cc(C)[nH]c1C. The average molecular weight is 150 g/mol. The van der Waals surface area contributed by atoms with E-state index in [1.807, 2.05) is 13.8 Å². The van der Waals surface area contributed by atoms with Gasteiger partial charge in [-0.25, -0.2) is 0 Å². The van der Waals surface area contributed by atoms with Crippen LogP contribution < -0.4 is 5.73 Å². The summed E-state index contributed by atoms with van der Waals surface area (Å²) in [5, 5.41) is 0. The molecule has 0 saturated carbocycles. The van der Waals surface area contributed by atoms with Gasteiger partial charge in [-0.3, -0.25) is 0 Å². The lowest BCUT2D eigenvalue weighted by atomic mass is 10.1. The molecule has 3 N–H and O–H groups in total. The standard InChI is InChI=1S/C9H14N2/c1-6(5-10)9-4-7(2)11-8(9)3/h4,11H,1,5,10H2,2-3H3. The third kappa shape index (κ3) is 1.52. The number of hydrogen-bond donors (Lipinski definition) is 2. The fourth-order valence-corrected chi connectivity index (χ4v) is 1.20. The van der Waals surface area contributed by atoms with E-state index in [0.717, 1.165) is 22.5 Å². The molecule has 2 nitrogen and oxygen atoms in total. The van der Waals surface area contributed by atoms with E-state index in [-0.39, 0.29) is 0 Å². The van der Waals surface area contributed by atoms with E-state index in [1.54, 1.807) is 0 Å². The van der Waals surface area contributed by atoms with Crippen molar-refractivity contribution >= 4 is 5.57 Å². The summed E-state index contributed by atoms with van der Waals surface area (Å²) in [6.45, 7) is 8.46. The highest BCUT2D eigenvalue weighted by Gasteiger charge is 2.03. The van der Waals surface area contributed by atoms with Crippen LogP contribution in [0.3, 0.4) is 0 Å². The lowest BCUT2D eigenvalue weighted by Crippen LogP contribution is -2.00. The van der Waals surface area contributed by atoms with Gasteiger partial charge in [0.25, 0.3) is 0 Å². The smallest absolute Gasteiger partial charge is 0.0194 e. The molecule has 0 aliphatic rings. The zero-order chi connectivity index (χ0) is 8.43. The van der Waals surface area contributed by atoms with Crippen LogP contribution in [0.15, 0.2) is 12.6 Å². The Bertz CT molecular complexity index is 271. The van der Waals surface area contributed by atoms with Gasteiger partial charge in [0.1, 0.15) is 0 Å². The molecule has 11 heavy (non-hydrogen) atoms. The topological polar surface area (TPSA) is 41.8 Å². The third-order valence-electron chi connectivity index (χ3n) is 1.78. The maximum Gasteiger partial charge on any atom is 0.0194 e. The average Bonchev–Trinajstić information content (AvgIpc) is 2.28. The Morgan fingerprint density at radius 2 is 2.27 bits per heavy atom. The highest BCUT2D eigenvalue weighted by molar-refractivity contribution is 5.67. The summed E-state index contributed by atoms with van der Waals surface area (Å²) in [5.74, 6) is 0. The van der Waals surface area contributed by atoms with Crippen molar-refractivity contribution in [3.05, 3.63) is 29.6 Å². The number of aryl methyl sites for hydroxylation is 2. The first-order valence-electron chi connectivity index (χ1n) is 3.69. The Morgan fingerprint density at radius 3 is 2.64 bits per heavy atom. The minimum atomic E-state index is 0.526. The summed E-state index contributed by atoms with van der Waals surface area (Å²) < 4.78 is 0.